The Hall–Kier alpha value is -6.18. The molecule has 4 aromatic heterocycles. The second-order valence-electron chi connectivity index (χ2n) is 9.13. The maximum Gasteiger partial charge on any atom is 0.248 e. The summed E-state index contributed by atoms with van der Waals surface area (Å²) in [6.45, 7) is 0. The number of ether oxygens (including phenoxy) is 1. The van der Waals surface area contributed by atoms with Crippen LogP contribution >= 0.6 is 0 Å². The van der Waals surface area contributed by atoms with Gasteiger partial charge in [-0.15, -0.1) is 0 Å². The molecule has 0 saturated heterocycles. The van der Waals surface area contributed by atoms with E-state index in [2.05, 4.69) is 40.5 Å². The summed E-state index contributed by atoms with van der Waals surface area (Å²) in [7, 11) is 1.53. The molecule has 6 rings (SSSR count). The van der Waals surface area contributed by atoms with Crippen molar-refractivity contribution >= 4 is 23.3 Å². The number of benzene rings is 2. The van der Waals surface area contributed by atoms with Crippen LogP contribution in [0, 0.1) is 23.3 Å². The van der Waals surface area contributed by atoms with Crippen molar-refractivity contribution in [2.75, 3.05) is 17.7 Å². The number of nitrogens with one attached hydrogen (secondary N) is 3. The van der Waals surface area contributed by atoms with Gasteiger partial charge in [0.1, 0.15) is 23.3 Å². The summed E-state index contributed by atoms with van der Waals surface area (Å²) >= 11 is 0. The summed E-state index contributed by atoms with van der Waals surface area (Å²) in [4.78, 5) is 34.4. The lowest BCUT2D eigenvalue weighted by molar-refractivity contribution is 0.398. The molecule has 45 heavy (non-hydrogen) atoms. The largest absolute Gasteiger partial charge is 0.481 e. The molecule has 0 amide bonds. The second kappa shape index (κ2) is 13.9. The Morgan fingerprint density at radius 2 is 1.11 bits per heavy atom. The van der Waals surface area contributed by atoms with E-state index in [1.54, 1.807) is 42.7 Å². The molecule has 4 heterocycles. The minimum atomic E-state index is -0.701. The Balaban J connectivity index is 0.000000178. The smallest absolute Gasteiger partial charge is 0.248 e. The SMILES string of the molecule is COc1cc(-c2ccnc(Nc3cc(F)cc(F)c3)n2)ccn1.O=c1cc(-c2ccnc(Nc3cc(F)cc(F)c3)n2)cc[nH]1. The highest BCUT2D eigenvalue weighted by molar-refractivity contribution is 5.63. The van der Waals surface area contributed by atoms with Crippen LogP contribution in [-0.2, 0) is 0 Å². The summed E-state index contributed by atoms with van der Waals surface area (Å²) < 4.78 is 57.8. The standard InChI is InChI=1S/C16H12F2N4O.C15H10F2N4O/c1-23-15-6-10(2-4-19-15)14-3-5-20-16(22-14)21-13-8-11(17)7-12(18)9-13;16-10-6-11(17)8-12(7-10)20-15-19-4-2-13(21-15)9-1-3-18-14(22)5-9/h2-9H,1H3,(H,20,21,22);1-8H,(H,18,22)(H,19,20,21). The highest BCUT2D eigenvalue weighted by atomic mass is 19.1. The molecule has 0 fully saturated rings. The molecule has 0 aliphatic heterocycles. The number of halogens is 4. The lowest BCUT2D eigenvalue weighted by Gasteiger charge is -2.07. The first-order valence-corrected chi connectivity index (χ1v) is 13.1. The van der Waals surface area contributed by atoms with Crippen molar-refractivity contribution in [3.63, 3.8) is 0 Å². The third-order valence-electron chi connectivity index (χ3n) is 5.86. The predicted molar refractivity (Wildman–Crippen MR) is 159 cm³/mol. The van der Waals surface area contributed by atoms with Crippen molar-refractivity contribution in [3.8, 4) is 28.4 Å². The molecular weight excluding hydrogens is 592 g/mol. The topological polar surface area (TPSA) is 131 Å². The number of pyridine rings is 2. The van der Waals surface area contributed by atoms with Crippen LogP contribution in [0.25, 0.3) is 22.5 Å². The molecule has 0 spiro atoms. The maximum atomic E-state index is 13.2. The van der Waals surface area contributed by atoms with Crippen LogP contribution in [-0.4, -0.2) is 37.0 Å². The van der Waals surface area contributed by atoms with Crippen LogP contribution in [0.3, 0.4) is 0 Å². The van der Waals surface area contributed by atoms with Crippen molar-refractivity contribution in [1.82, 2.24) is 29.9 Å². The van der Waals surface area contributed by atoms with Crippen molar-refractivity contribution < 1.29 is 22.3 Å². The zero-order valence-corrected chi connectivity index (χ0v) is 23.3. The monoisotopic (exact) mass is 614 g/mol. The Kier molecular flexibility index (Phi) is 9.33. The molecule has 0 aliphatic rings. The Morgan fingerprint density at radius 1 is 0.622 bits per heavy atom. The molecule has 0 saturated carbocycles. The average Bonchev–Trinajstić information content (AvgIpc) is 3.01. The summed E-state index contributed by atoms with van der Waals surface area (Å²) in [6.07, 6.45) is 6.15. The molecule has 10 nitrogen and oxygen atoms in total. The fourth-order valence-corrected chi connectivity index (χ4v) is 3.95. The van der Waals surface area contributed by atoms with Crippen LogP contribution in [0.4, 0.5) is 40.8 Å². The molecule has 0 radical (unpaired) electrons. The van der Waals surface area contributed by atoms with Gasteiger partial charge in [0.05, 0.1) is 18.5 Å². The van der Waals surface area contributed by atoms with E-state index in [0.717, 1.165) is 42.0 Å². The van der Waals surface area contributed by atoms with Crippen LogP contribution in [0.15, 0.2) is 102 Å². The number of aromatic nitrogens is 6. The Bertz CT molecular complexity index is 1970. The summed E-state index contributed by atoms with van der Waals surface area (Å²) in [5, 5.41) is 5.50. The number of nitrogens with zero attached hydrogens (tertiary/aromatic N) is 5. The third kappa shape index (κ3) is 8.44. The van der Waals surface area contributed by atoms with Crippen molar-refractivity contribution in [2.24, 2.45) is 0 Å². The lowest BCUT2D eigenvalue weighted by Crippen LogP contribution is -2.03. The van der Waals surface area contributed by atoms with Crippen LogP contribution in [0.2, 0.25) is 0 Å². The fraction of sp³-hybridized carbons (Fsp3) is 0.0323. The highest BCUT2D eigenvalue weighted by Gasteiger charge is 2.08. The van der Waals surface area contributed by atoms with Gasteiger partial charge < -0.3 is 20.4 Å². The van der Waals surface area contributed by atoms with E-state index >= 15 is 0 Å². The quantitative estimate of drug-likeness (QED) is 0.174. The summed E-state index contributed by atoms with van der Waals surface area (Å²) in [5.41, 5.74) is 2.71. The number of anilines is 4. The van der Waals surface area contributed by atoms with Crippen LogP contribution in [0.1, 0.15) is 0 Å². The van der Waals surface area contributed by atoms with Gasteiger partial charge in [-0.3, -0.25) is 4.79 Å². The third-order valence-corrected chi connectivity index (χ3v) is 5.86. The minimum Gasteiger partial charge on any atom is -0.481 e. The first kappa shape index (κ1) is 30.3. The number of aromatic amines is 1. The van der Waals surface area contributed by atoms with Gasteiger partial charge in [0, 0.05) is 71.6 Å². The molecule has 0 aliphatic carbocycles. The first-order chi connectivity index (χ1) is 21.7. The Morgan fingerprint density at radius 3 is 1.60 bits per heavy atom. The zero-order valence-electron chi connectivity index (χ0n) is 23.3. The van der Waals surface area contributed by atoms with Gasteiger partial charge in [0.15, 0.2) is 0 Å². The van der Waals surface area contributed by atoms with Gasteiger partial charge in [0.25, 0.3) is 0 Å². The van der Waals surface area contributed by atoms with Gasteiger partial charge in [-0.05, 0) is 48.5 Å². The number of rotatable bonds is 7. The molecule has 0 atom stereocenters. The maximum absolute atomic E-state index is 13.2. The summed E-state index contributed by atoms with van der Waals surface area (Å²) in [6, 6.07) is 16.1. The van der Waals surface area contributed by atoms with Gasteiger partial charge in [-0.25, -0.2) is 42.5 Å². The molecular formula is C31H22F4N8O2. The van der Waals surface area contributed by atoms with E-state index < -0.39 is 23.3 Å². The Labute approximate surface area is 252 Å². The summed E-state index contributed by atoms with van der Waals surface area (Å²) in [5.74, 6) is -1.90. The second-order valence-corrected chi connectivity index (χ2v) is 9.13. The molecule has 6 aromatic rings. The van der Waals surface area contributed by atoms with E-state index in [4.69, 9.17) is 4.74 Å². The van der Waals surface area contributed by atoms with Crippen molar-refractivity contribution in [1.29, 1.82) is 0 Å². The number of H-pyrrole nitrogens is 1. The normalized spacial score (nSPS) is 10.4. The van der Waals surface area contributed by atoms with E-state index in [-0.39, 0.29) is 28.8 Å². The van der Waals surface area contributed by atoms with E-state index in [1.165, 1.54) is 25.6 Å². The zero-order chi connectivity index (χ0) is 31.8. The number of methoxy groups -OCH3 is 1. The van der Waals surface area contributed by atoms with E-state index in [9.17, 15) is 22.4 Å². The minimum absolute atomic E-state index is 0.169. The molecule has 0 unspecified atom stereocenters. The molecule has 2 aromatic carbocycles. The van der Waals surface area contributed by atoms with Gasteiger partial charge in [-0.1, -0.05) is 0 Å². The van der Waals surface area contributed by atoms with Crippen LogP contribution in [0.5, 0.6) is 5.88 Å². The molecule has 226 valence electrons. The average molecular weight is 615 g/mol. The highest BCUT2D eigenvalue weighted by Crippen LogP contribution is 2.23. The van der Waals surface area contributed by atoms with Gasteiger partial charge in [0.2, 0.25) is 23.3 Å². The molecule has 0 bridgehead atoms. The van der Waals surface area contributed by atoms with Gasteiger partial charge in [-0.2, -0.15) is 0 Å². The molecule has 3 N–H and O–H groups in total. The number of hydrogen-bond donors (Lipinski definition) is 3. The predicted octanol–water partition coefficient (Wildman–Crippen LogP) is 6.42. The van der Waals surface area contributed by atoms with Crippen LogP contribution < -0.4 is 20.9 Å². The van der Waals surface area contributed by atoms with Crippen molar-refractivity contribution in [3.05, 3.63) is 131 Å². The van der Waals surface area contributed by atoms with Gasteiger partial charge >= 0.3 is 0 Å². The van der Waals surface area contributed by atoms with E-state index in [1.807, 2.05) is 0 Å². The lowest BCUT2D eigenvalue weighted by atomic mass is 10.2. The molecule has 14 heteroatoms. The number of hydrogen-bond acceptors (Lipinski definition) is 9. The fourth-order valence-electron chi connectivity index (χ4n) is 3.95. The van der Waals surface area contributed by atoms with Crippen molar-refractivity contribution in [2.45, 2.75) is 0 Å². The first-order valence-electron chi connectivity index (χ1n) is 13.1. The van der Waals surface area contributed by atoms with E-state index in [0.29, 0.717) is 22.8 Å².